The molecule has 1 aliphatic heterocycles. The highest BCUT2D eigenvalue weighted by molar-refractivity contribution is 5.82. The van der Waals surface area contributed by atoms with Gasteiger partial charge in [-0.15, -0.1) is 0 Å². The van der Waals surface area contributed by atoms with E-state index in [-0.39, 0.29) is 11.9 Å². The standard InChI is InChI=1S/C17H30N2O/c1-2-4-16(18)17(20)19-8-3-5-15(19)11-14-10-12-6-7-13(14)9-12/h12-16H,2-11,18H2,1H3. The molecule has 0 aromatic rings. The third-order valence-corrected chi connectivity index (χ3v) is 6.04. The molecule has 5 atom stereocenters. The fourth-order valence-electron chi connectivity index (χ4n) is 5.03. The summed E-state index contributed by atoms with van der Waals surface area (Å²) in [5, 5.41) is 0. The molecular formula is C17H30N2O. The van der Waals surface area contributed by atoms with Gasteiger partial charge in [0.2, 0.25) is 5.91 Å². The highest BCUT2D eigenvalue weighted by Gasteiger charge is 2.42. The van der Waals surface area contributed by atoms with Crippen molar-refractivity contribution in [3.05, 3.63) is 0 Å². The van der Waals surface area contributed by atoms with Crippen LogP contribution in [0.5, 0.6) is 0 Å². The lowest BCUT2D eigenvalue weighted by Crippen LogP contribution is -2.46. The summed E-state index contributed by atoms with van der Waals surface area (Å²) in [4.78, 5) is 14.6. The first-order valence-corrected chi connectivity index (χ1v) is 8.75. The number of carbonyl (C=O) groups is 1. The van der Waals surface area contributed by atoms with Crippen LogP contribution in [0.4, 0.5) is 0 Å². The molecule has 2 saturated carbocycles. The molecule has 3 heteroatoms. The van der Waals surface area contributed by atoms with Crippen molar-refractivity contribution in [3.63, 3.8) is 0 Å². The minimum Gasteiger partial charge on any atom is -0.338 e. The average Bonchev–Trinajstić information content (AvgIpc) is 3.14. The molecule has 2 bridgehead atoms. The zero-order valence-electron chi connectivity index (χ0n) is 12.9. The van der Waals surface area contributed by atoms with E-state index in [1.807, 2.05) is 0 Å². The van der Waals surface area contributed by atoms with Gasteiger partial charge in [-0.1, -0.05) is 19.8 Å². The second-order valence-corrected chi connectivity index (χ2v) is 7.39. The lowest BCUT2D eigenvalue weighted by atomic mass is 9.83. The summed E-state index contributed by atoms with van der Waals surface area (Å²) in [6.07, 6.45) is 11.3. The van der Waals surface area contributed by atoms with Gasteiger partial charge < -0.3 is 10.6 Å². The number of rotatable bonds is 5. The van der Waals surface area contributed by atoms with E-state index in [0.29, 0.717) is 6.04 Å². The molecule has 114 valence electrons. The molecule has 0 radical (unpaired) electrons. The Bertz CT molecular complexity index is 357. The third-order valence-electron chi connectivity index (χ3n) is 6.04. The van der Waals surface area contributed by atoms with E-state index in [0.717, 1.165) is 37.1 Å². The molecule has 3 rings (SSSR count). The van der Waals surface area contributed by atoms with Crippen molar-refractivity contribution >= 4 is 5.91 Å². The molecule has 3 nitrogen and oxygen atoms in total. The topological polar surface area (TPSA) is 46.3 Å². The first-order valence-electron chi connectivity index (χ1n) is 8.75. The van der Waals surface area contributed by atoms with Crippen molar-refractivity contribution in [2.45, 2.75) is 76.8 Å². The van der Waals surface area contributed by atoms with Crippen molar-refractivity contribution in [2.75, 3.05) is 6.54 Å². The number of hydrogen-bond donors (Lipinski definition) is 1. The fraction of sp³-hybridized carbons (Fsp3) is 0.941. The van der Waals surface area contributed by atoms with E-state index in [4.69, 9.17) is 5.73 Å². The maximum Gasteiger partial charge on any atom is 0.239 e. The summed E-state index contributed by atoms with van der Waals surface area (Å²) in [6.45, 7) is 3.05. The average molecular weight is 278 g/mol. The van der Waals surface area contributed by atoms with Crippen LogP contribution in [0, 0.1) is 17.8 Å². The Hall–Kier alpha value is -0.570. The summed E-state index contributed by atoms with van der Waals surface area (Å²) < 4.78 is 0. The molecule has 0 spiro atoms. The molecule has 2 aliphatic carbocycles. The predicted octanol–water partition coefficient (Wildman–Crippen LogP) is 2.93. The van der Waals surface area contributed by atoms with E-state index in [1.165, 1.54) is 44.9 Å². The van der Waals surface area contributed by atoms with Gasteiger partial charge in [0.25, 0.3) is 0 Å². The summed E-state index contributed by atoms with van der Waals surface area (Å²) in [7, 11) is 0. The van der Waals surface area contributed by atoms with Crippen LogP contribution in [0.3, 0.4) is 0 Å². The number of likely N-dealkylation sites (tertiary alicyclic amines) is 1. The molecule has 2 N–H and O–H groups in total. The van der Waals surface area contributed by atoms with Crippen molar-refractivity contribution in [1.29, 1.82) is 0 Å². The van der Waals surface area contributed by atoms with Gasteiger partial charge in [0.15, 0.2) is 0 Å². The van der Waals surface area contributed by atoms with E-state index < -0.39 is 0 Å². The third kappa shape index (κ3) is 2.74. The fourth-order valence-corrected chi connectivity index (χ4v) is 5.03. The highest BCUT2D eigenvalue weighted by atomic mass is 16.2. The number of fused-ring (bicyclic) bond motifs is 2. The molecule has 3 fully saturated rings. The molecule has 0 aromatic carbocycles. The lowest BCUT2D eigenvalue weighted by Gasteiger charge is -2.31. The largest absolute Gasteiger partial charge is 0.338 e. The monoisotopic (exact) mass is 278 g/mol. The van der Waals surface area contributed by atoms with E-state index in [1.54, 1.807) is 0 Å². The first-order chi connectivity index (χ1) is 9.69. The maximum absolute atomic E-state index is 12.5. The number of amides is 1. The molecule has 1 amide bonds. The smallest absolute Gasteiger partial charge is 0.239 e. The van der Waals surface area contributed by atoms with Gasteiger partial charge in [0, 0.05) is 12.6 Å². The van der Waals surface area contributed by atoms with Crippen molar-refractivity contribution in [2.24, 2.45) is 23.5 Å². The maximum atomic E-state index is 12.5. The van der Waals surface area contributed by atoms with Crippen LogP contribution >= 0.6 is 0 Å². The second kappa shape index (κ2) is 6.05. The van der Waals surface area contributed by atoms with Gasteiger partial charge >= 0.3 is 0 Å². The van der Waals surface area contributed by atoms with E-state index >= 15 is 0 Å². The van der Waals surface area contributed by atoms with Crippen LogP contribution < -0.4 is 5.73 Å². The molecular weight excluding hydrogens is 248 g/mol. The molecule has 3 aliphatic rings. The Kier molecular flexibility index (Phi) is 4.34. The van der Waals surface area contributed by atoms with E-state index in [2.05, 4.69) is 11.8 Å². The SMILES string of the molecule is CCCC(N)C(=O)N1CCCC1CC1CC2CCC1C2. The number of hydrogen-bond acceptors (Lipinski definition) is 2. The summed E-state index contributed by atoms with van der Waals surface area (Å²) in [6, 6.07) is 0.232. The predicted molar refractivity (Wildman–Crippen MR) is 81.2 cm³/mol. The Labute approximate surface area is 123 Å². The number of carbonyl (C=O) groups excluding carboxylic acids is 1. The van der Waals surface area contributed by atoms with Crippen LogP contribution in [-0.4, -0.2) is 29.4 Å². The first kappa shape index (κ1) is 14.4. The Morgan fingerprint density at radius 2 is 2.15 bits per heavy atom. The molecule has 5 unspecified atom stereocenters. The normalized spacial score (nSPS) is 37.6. The molecule has 1 saturated heterocycles. The minimum absolute atomic E-state index is 0.220. The van der Waals surface area contributed by atoms with Crippen LogP contribution in [0.2, 0.25) is 0 Å². The molecule has 20 heavy (non-hydrogen) atoms. The van der Waals surface area contributed by atoms with Gasteiger partial charge in [0.1, 0.15) is 0 Å². The molecule has 1 heterocycles. The van der Waals surface area contributed by atoms with Gasteiger partial charge in [0.05, 0.1) is 6.04 Å². The Balaban J connectivity index is 1.57. The minimum atomic E-state index is -0.263. The van der Waals surface area contributed by atoms with Gasteiger partial charge in [-0.05, 0) is 62.7 Å². The quantitative estimate of drug-likeness (QED) is 0.840. The molecule has 0 aromatic heterocycles. The van der Waals surface area contributed by atoms with Crippen LogP contribution in [-0.2, 0) is 4.79 Å². The van der Waals surface area contributed by atoms with Gasteiger partial charge in [-0.3, -0.25) is 4.79 Å². The zero-order valence-corrected chi connectivity index (χ0v) is 12.9. The Morgan fingerprint density at radius 1 is 1.30 bits per heavy atom. The summed E-state index contributed by atoms with van der Waals surface area (Å²) in [5.74, 6) is 3.10. The number of nitrogens with two attached hydrogens (primary N) is 1. The van der Waals surface area contributed by atoms with Crippen LogP contribution in [0.15, 0.2) is 0 Å². The van der Waals surface area contributed by atoms with Crippen LogP contribution in [0.25, 0.3) is 0 Å². The second-order valence-electron chi connectivity index (χ2n) is 7.39. The van der Waals surface area contributed by atoms with Gasteiger partial charge in [-0.25, -0.2) is 0 Å². The van der Waals surface area contributed by atoms with E-state index in [9.17, 15) is 4.79 Å². The highest BCUT2D eigenvalue weighted by Crippen LogP contribution is 2.50. The zero-order chi connectivity index (χ0) is 14.1. The lowest BCUT2D eigenvalue weighted by molar-refractivity contribution is -0.133. The van der Waals surface area contributed by atoms with Crippen LogP contribution in [0.1, 0.15) is 64.7 Å². The van der Waals surface area contributed by atoms with Crippen molar-refractivity contribution in [3.8, 4) is 0 Å². The van der Waals surface area contributed by atoms with Crippen molar-refractivity contribution in [1.82, 2.24) is 4.90 Å². The number of nitrogens with zero attached hydrogens (tertiary/aromatic N) is 1. The Morgan fingerprint density at radius 3 is 2.80 bits per heavy atom. The summed E-state index contributed by atoms with van der Waals surface area (Å²) >= 11 is 0. The summed E-state index contributed by atoms with van der Waals surface area (Å²) in [5.41, 5.74) is 6.05. The van der Waals surface area contributed by atoms with Crippen molar-refractivity contribution < 1.29 is 4.79 Å². The van der Waals surface area contributed by atoms with Gasteiger partial charge in [-0.2, -0.15) is 0 Å².